The Bertz CT molecular complexity index is 962. The Morgan fingerprint density at radius 2 is 2.00 bits per heavy atom. The van der Waals surface area contributed by atoms with Crippen molar-refractivity contribution in [2.75, 3.05) is 46.0 Å². The third-order valence-electron chi connectivity index (χ3n) is 5.54. The number of hydrogen-bond acceptors (Lipinski definition) is 7. The summed E-state index contributed by atoms with van der Waals surface area (Å²) < 4.78 is 16.3. The Balaban J connectivity index is 1.67. The molecule has 0 unspecified atom stereocenters. The van der Waals surface area contributed by atoms with E-state index >= 15 is 0 Å². The molecule has 0 saturated carbocycles. The number of hydrogen-bond donors (Lipinski definition) is 1. The molecule has 0 aliphatic carbocycles. The van der Waals surface area contributed by atoms with Gasteiger partial charge >= 0.3 is 0 Å². The van der Waals surface area contributed by atoms with E-state index in [9.17, 15) is 14.7 Å². The summed E-state index contributed by atoms with van der Waals surface area (Å²) in [6, 6.07) is 9.66. The Hall–Kier alpha value is -3.10. The van der Waals surface area contributed by atoms with Crippen molar-refractivity contribution >= 4 is 11.7 Å². The number of ketones is 1. The summed E-state index contributed by atoms with van der Waals surface area (Å²) in [6.45, 7) is 6.23. The van der Waals surface area contributed by atoms with Crippen LogP contribution in [0.15, 0.2) is 58.4 Å². The van der Waals surface area contributed by atoms with E-state index in [1.807, 2.05) is 25.1 Å². The molecule has 1 saturated heterocycles. The van der Waals surface area contributed by atoms with Gasteiger partial charge in [0.2, 0.25) is 5.78 Å². The lowest BCUT2D eigenvalue weighted by Crippen LogP contribution is -2.43. The second kappa shape index (κ2) is 9.36. The number of carbonyl (C=O) groups excluding carboxylic acids is 2. The number of rotatable bonds is 8. The molecule has 1 N–H and O–H groups in total. The number of aliphatic hydroxyl groups excluding tert-OH is 1. The van der Waals surface area contributed by atoms with Crippen LogP contribution in [-0.2, 0) is 9.53 Å². The minimum atomic E-state index is -0.730. The quantitative estimate of drug-likeness (QED) is 0.649. The zero-order valence-electron chi connectivity index (χ0n) is 17.5. The first-order valence-electron chi connectivity index (χ1n) is 10.4. The molecule has 8 heteroatoms. The zero-order valence-corrected chi connectivity index (χ0v) is 17.5. The van der Waals surface area contributed by atoms with E-state index in [0.717, 1.165) is 13.1 Å². The van der Waals surface area contributed by atoms with Crippen molar-refractivity contribution in [3.05, 3.63) is 65.3 Å². The van der Waals surface area contributed by atoms with Crippen molar-refractivity contribution in [2.45, 2.75) is 13.0 Å². The number of carbonyl (C=O) groups is 2. The minimum Gasteiger partial charge on any atom is -0.503 e. The van der Waals surface area contributed by atoms with Crippen LogP contribution >= 0.6 is 0 Å². The fraction of sp³-hybridized carbons (Fsp3) is 0.391. The van der Waals surface area contributed by atoms with Crippen LogP contribution in [0, 0.1) is 0 Å². The normalized spacial score (nSPS) is 19.8. The molecule has 1 aromatic heterocycles. The molecule has 0 radical (unpaired) electrons. The van der Waals surface area contributed by atoms with Gasteiger partial charge in [-0.25, -0.2) is 0 Å². The summed E-state index contributed by atoms with van der Waals surface area (Å²) >= 11 is 0. The first-order valence-corrected chi connectivity index (χ1v) is 10.4. The lowest BCUT2D eigenvalue weighted by molar-refractivity contribution is -0.129. The zero-order chi connectivity index (χ0) is 21.8. The SMILES string of the molecule is CCOc1cccc([C@H]2C(C(=O)c3ccco3)=C(O)C(=O)N2CCN2CCOCC2)c1. The number of ether oxygens (including phenoxy) is 2. The molecule has 0 bridgehead atoms. The predicted octanol–water partition coefficient (Wildman–Crippen LogP) is 2.59. The number of Topliss-reactive ketones (excluding diaryl/α,β-unsaturated/α-hetero) is 1. The lowest BCUT2D eigenvalue weighted by atomic mass is 9.95. The Labute approximate surface area is 180 Å². The van der Waals surface area contributed by atoms with E-state index in [-0.39, 0.29) is 11.3 Å². The van der Waals surface area contributed by atoms with Crippen molar-refractivity contribution in [2.24, 2.45) is 0 Å². The third-order valence-corrected chi connectivity index (χ3v) is 5.54. The molecule has 1 fully saturated rings. The molecule has 1 amide bonds. The van der Waals surface area contributed by atoms with Gasteiger partial charge in [-0.15, -0.1) is 0 Å². The highest BCUT2D eigenvalue weighted by molar-refractivity contribution is 6.15. The molecule has 8 nitrogen and oxygen atoms in total. The van der Waals surface area contributed by atoms with Gasteiger partial charge in [-0.1, -0.05) is 12.1 Å². The van der Waals surface area contributed by atoms with E-state index in [1.165, 1.54) is 12.3 Å². The molecule has 31 heavy (non-hydrogen) atoms. The van der Waals surface area contributed by atoms with E-state index in [4.69, 9.17) is 13.9 Å². The second-order valence-electron chi connectivity index (χ2n) is 7.43. The van der Waals surface area contributed by atoms with Crippen molar-refractivity contribution in [3.63, 3.8) is 0 Å². The maximum atomic E-state index is 13.2. The fourth-order valence-corrected chi connectivity index (χ4v) is 4.02. The molecule has 2 aromatic rings. The molecule has 0 spiro atoms. The van der Waals surface area contributed by atoms with E-state index in [1.54, 1.807) is 17.0 Å². The van der Waals surface area contributed by atoms with Crippen LogP contribution in [0.5, 0.6) is 5.75 Å². The summed E-state index contributed by atoms with van der Waals surface area (Å²) in [5.41, 5.74) is 0.718. The molecular weight excluding hydrogens is 400 g/mol. The van der Waals surface area contributed by atoms with Gasteiger partial charge < -0.3 is 23.9 Å². The standard InChI is InChI=1S/C23H26N2O6/c1-2-30-17-6-3-5-16(15-17)20-19(21(26)18-7-4-12-31-18)22(27)23(28)25(20)9-8-24-10-13-29-14-11-24/h3-7,12,15,20,27H,2,8-11,13-14H2,1H3/t20-/m0/s1. The summed E-state index contributed by atoms with van der Waals surface area (Å²) in [7, 11) is 0. The van der Waals surface area contributed by atoms with E-state index < -0.39 is 23.5 Å². The first-order chi connectivity index (χ1) is 15.1. The van der Waals surface area contributed by atoms with Gasteiger partial charge in [-0.2, -0.15) is 0 Å². The van der Waals surface area contributed by atoms with Crippen molar-refractivity contribution in [1.82, 2.24) is 9.80 Å². The molecule has 4 rings (SSSR count). The predicted molar refractivity (Wildman–Crippen MR) is 112 cm³/mol. The number of furan rings is 1. The lowest BCUT2D eigenvalue weighted by Gasteiger charge is -2.31. The van der Waals surface area contributed by atoms with Gasteiger partial charge in [0.15, 0.2) is 11.5 Å². The summed E-state index contributed by atoms with van der Waals surface area (Å²) in [4.78, 5) is 29.9. The molecule has 1 aromatic carbocycles. The number of benzene rings is 1. The maximum Gasteiger partial charge on any atom is 0.290 e. The average molecular weight is 426 g/mol. The average Bonchev–Trinajstić information content (AvgIpc) is 3.41. The number of aliphatic hydroxyl groups is 1. The van der Waals surface area contributed by atoms with Gasteiger partial charge in [-0.05, 0) is 36.8 Å². The van der Waals surface area contributed by atoms with Crippen LogP contribution in [0.4, 0.5) is 0 Å². The van der Waals surface area contributed by atoms with Gasteiger partial charge in [-0.3, -0.25) is 14.5 Å². The van der Waals surface area contributed by atoms with Crippen LogP contribution < -0.4 is 4.74 Å². The van der Waals surface area contributed by atoms with Gasteiger partial charge in [0.1, 0.15) is 5.75 Å². The Morgan fingerprint density at radius 3 is 2.71 bits per heavy atom. The van der Waals surface area contributed by atoms with Crippen LogP contribution in [0.3, 0.4) is 0 Å². The molecule has 3 heterocycles. The molecule has 1 atom stereocenters. The summed E-state index contributed by atoms with van der Waals surface area (Å²) in [6.07, 6.45) is 1.39. The van der Waals surface area contributed by atoms with Gasteiger partial charge in [0.25, 0.3) is 5.91 Å². The Kier molecular flexibility index (Phi) is 6.39. The highest BCUT2D eigenvalue weighted by atomic mass is 16.5. The summed E-state index contributed by atoms with van der Waals surface area (Å²) in [5.74, 6) is -0.881. The van der Waals surface area contributed by atoms with Gasteiger partial charge in [0.05, 0.1) is 37.7 Å². The highest BCUT2D eigenvalue weighted by Gasteiger charge is 2.44. The molecule has 2 aliphatic rings. The monoisotopic (exact) mass is 426 g/mol. The molecular formula is C23H26N2O6. The van der Waals surface area contributed by atoms with E-state index in [0.29, 0.717) is 44.2 Å². The van der Waals surface area contributed by atoms with Crippen molar-refractivity contribution in [1.29, 1.82) is 0 Å². The third kappa shape index (κ3) is 4.35. The topological polar surface area (TPSA) is 92.5 Å². The molecule has 164 valence electrons. The first kappa shape index (κ1) is 21.1. The van der Waals surface area contributed by atoms with Crippen LogP contribution in [0.25, 0.3) is 0 Å². The number of nitrogens with zero attached hydrogens (tertiary/aromatic N) is 2. The smallest absolute Gasteiger partial charge is 0.290 e. The minimum absolute atomic E-state index is 0.0237. The summed E-state index contributed by atoms with van der Waals surface area (Å²) in [5, 5.41) is 10.7. The van der Waals surface area contributed by atoms with Crippen LogP contribution in [0.2, 0.25) is 0 Å². The second-order valence-corrected chi connectivity index (χ2v) is 7.43. The van der Waals surface area contributed by atoms with Crippen LogP contribution in [-0.4, -0.2) is 72.6 Å². The van der Waals surface area contributed by atoms with E-state index in [2.05, 4.69) is 4.90 Å². The Morgan fingerprint density at radius 1 is 1.19 bits per heavy atom. The largest absolute Gasteiger partial charge is 0.503 e. The van der Waals surface area contributed by atoms with Gasteiger partial charge in [0, 0.05) is 26.2 Å². The number of morpholine rings is 1. The maximum absolute atomic E-state index is 13.2. The fourth-order valence-electron chi connectivity index (χ4n) is 4.02. The molecule has 2 aliphatic heterocycles. The van der Waals surface area contributed by atoms with Crippen molar-refractivity contribution in [3.8, 4) is 5.75 Å². The van der Waals surface area contributed by atoms with Crippen LogP contribution in [0.1, 0.15) is 29.1 Å². The highest BCUT2D eigenvalue weighted by Crippen LogP contribution is 2.39. The number of amides is 1. The van der Waals surface area contributed by atoms with Crippen molar-refractivity contribution < 1.29 is 28.6 Å².